The van der Waals surface area contributed by atoms with Crippen molar-refractivity contribution in [2.45, 2.75) is 115 Å². The summed E-state index contributed by atoms with van der Waals surface area (Å²) in [7, 11) is -3.66. The first kappa shape index (κ1) is 30.0. The Hall–Kier alpha value is -2.21. The van der Waals surface area contributed by atoms with Crippen LogP contribution < -0.4 is 10.0 Å². The molecule has 0 bridgehead atoms. The Morgan fingerprint density at radius 1 is 0.583 bits per heavy atom. The van der Waals surface area contributed by atoms with Crippen LogP contribution in [0.3, 0.4) is 0 Å². The van der Waals surface area contributed by atoms with E-state index in [0.29, 0.717) is 5.69 Å². The first-order chi connectivity index (χ1) is 17.5. The molecule has 3 N–H and O–H groups in total. The van der Waals surface area contributed by atoms with Crippen molar-refractivity contribution in [3.63, 3.8) is 0 Å². The van der Waals surface area contributed by atoms with Crippen molar-refractivity contribution in [1.29, 1.82) is 0 Å². The van der Waals surface area contributed by atoms with Crippen LogP contribution in [-0.4, -0.2) is 20.1 Å². The largest absolute Gasteiger partial charge is 0.508 e. The molecule has 0 atom stereocenters. The molecule has 2 aromatic carbocycles. The van der Waals surface area contributed by atoms with E-state index in [0.717, 1.165) is 18.7 Å². The summed E-state index contributed by atoms with van der Waals surface area (Å²) < 4.78 is 27.6. The highest BCUT2D eigenvalue weighted by atomic mass is 32.2. The predicted octanol–water partition coefficient (Wildman–Crippen LogP) is 8.87. The van der Waals surface area contributed by atoms with E-state index in [4.69, 9.17) is 0 Å². The van der Waals surface area contributed by atoms with Gasteiger partial charge >= 0.3 is 0 Å². The highest BCUT2D eigenvalue weighted by Gasteiger charge is 2.14. The molecule has 0 aliphatic carbocycles. The topological polar surface area (TPSA) is 78.4 Å². The highest BCUT2D eigenvalue weighted by molar-refractivity contribution is 7.92. The van der Waals surface area contributed by atoms with Crippen molar-refractivity contribution in [3.8, 4) is 5.75 Å². The van der Waals surface area contributed by atoms with Crippen LogP contribution >= 0.6 is 0 Å². The number of anilines is 2. The van der Waals surface area contributed by atoms with Crippen LogP contribution in [0.5, 0.6) is 5.75 Å². The zero-order valence-electron chi connectivity index (χ0n) is 22.3. The van der Waals surface area contributed by atoms with E-state index in [1.165, 1.54) is 121 Å². The molecule has 0 radical (unpaired) electrons. The molecule has 2 aromatic rings. The van der Waals surface area contributed by atoms with Crippen molar-refractivity contribution in [2.24, 2.45) is 0 Å². The number of benzene rings is 2. The number of aromatic hydroxyl groups is 1. The van der Waals surface area contributed by atoms with Crippen LogP contribution in [0.1, 0.15) is 110 Å². The normalized spacial score (nSPS) is 11.5. The van der Waals surface area contributed by atoms with Crippen molar-refractivity contribution < 1.29 is 13.5 Å². The number of phenolic OH excluding ortho intramolecular Hbond substituents is 1. The number of hydrogen-bond donors (Lipinski definition) is 3. The van der Waals surface area contributed by atoms with E-state index in [1.54, 1.807) is 24.3 Å². The molecule has 0 heterocycles. The maximum atomic E-state index is 12.5. The van der Waals surface area contributed by atoms with Crippen LogP contribution in [0, 0.1) is 0 Å². The van der Waals surface area contributed by atoms with E-state index in [-0.39, 0.29) is 10.6 Å². The third-order valence-corrected chi connectivity index (χ3v) is 8.04. The number of unbranched alkanes of at least 4 members (excludes halogenated alkanes) is 15. The lowest BCUT2D eigenvalue weighted by Gasteiger charge is -2.10. The molecule has 5 nitrogen and oxygen atoms in total. The van der Waals surface area contributed by atoms with Crippen molar-refractivity contribution in [2.75, 3.05) is 16.6 Å². The first-order valence-electron chi connectivity index (χ1n) is 14.2. The summed E-state index contributed by atoms with van der Waals surface area (Å²) in [6.45, 7) is 3.18. The van der Waals surface area contributed by atoms with Gasteiger partial charge in [0.05, 0.1) is 4.90 Å². The zero-order chi connectivity index (χ0) is 25.9. The monoisotopic (exact) mass is 516 g/mol. The maximum Gasteiger partial charge on any atom is 0.261 e. The summed E-state index contributed by atoms with van der Waals surface area (Å²) in [5.41, 5.74) is 1.35. The predicted molar refractivity (Wildman–Crippen MR) is 153 cm³/mol. The fourth-order valence-corrected chi connectivity index (χ4v) is 5.46. The van der Waals surface area contributed by atoms with Gasteiger partial charge < -0.3 is 10.4 Å². The van der Waals surface area contributed by atoms with Gasteiger partial charge in [-0.3, -0.25) is 4.72 Å². The molecular formula is C30H48N2O3S. The van der Waals surface area contributed by atoms with E-state index >= 15 is 0 Å². The van der Waals surface area contributed by atoms with Crippen LogP contribution in [0.15, 0.2) is 53.4 Å². The second-order valence-corrected chi connectivity index (χ2v) is 11.6. The summed E-state index contributed by atoms with van der Waals surface area (Å²) >= 11 is 0. The van der Waals surface area contributed by atoms with Gasteiger partial charge in [-0.05, 0) is 55.0 Å². The Labute approximate surface area is 220 Å². The number of sulfonamides is 1. The van der Waals surface area contributed by atoms with Gasteiger partial charge in [-0.25, -0.2) is 8.42 Å². The van der Waals surface area contributed by atoms with Crippen molar-refractivity contribution in [3.05, 3.63) is 48.5 Å². The van der Waals surface area contributed by atoms with Gasteiger partial charge in [0.25, 0.3) is 10.0 Å². The molecule has 202 valence electrons. The number of hydrogen-bond acceptors (Lipinski definition) is 4. The zero-order valence-corrected chi connectivity index (χ0v) is 23.1. The van der Waals surface area contributed by atoms with Gasteiger partial charge in [-0.15, -0.1) is 0 Å². The molecule has 0 aromatic heterocycles. The quantitative estimate of drug-likeness (QED) is 0.114. The van der Waals surface area contributed by atoms with Crippen LogP contribution in [0.2, 0.25) is 0 Å². The summed E-state index contributed by atoms with van der Waals surface area (Å²) in [5, 5.41) is 12.7. The lowest BCUT2D eigenvalue weighted by Crippen LogP contribution is -2.13. The summed E-state index contributed by atoms with van der Waals surface area (Å²) in [4.78, 5) is 0.212. The molecule has 0 fully saturated rings. The summed E-state index contributed by atoms with van der Waals surface area (Å²) in [6, 6.07) is 12.8. The minimum atomic E-state index is -3.66. The van der Waals surface area contributed by atoms with Crippen molar-refractivity contribution >= 4 is 21.4 Å². The summed E-state index contributed by atoms with van der Waals surface area (Å²) in [5.74, 6) is 0.0951. The number of nitrogens with one attached hydrogen (secondary N) is 2. The molecule has 0 unspecified atom stereocenters. The third kappa shape index (κ3) is 13.2. The van der Waals surface area contributed by atoms with Gasteiger partial charge in [0.15, 0.2) is 0 Å². The third-order valence-electron chi connectivity index (χ3n) is 6.64. The first-order valence-corrected chi connectivity index (χ1v) is 15.7. The van der Waals surface area contributed by atoms with E-state index < -0.39 is 10.0 Å². The van der Waals surface area contributed by atoms with Gasteiger partial charge in [0.2, 0.25) is 0 Å². The van der Waals surface area contributed by atoms with Crippen LogP contribution in [-0.2, 0) is 10.0 Å². The maximum absolute atomic E-state index is 12.5. The molecule has 0 saturated heterocycles. The molecular weight excluding hydrogens is 468 g/mol. The standard InChI is InChI=1S/C30H48N2O3S/c1-2-3-4-5-6-7-8-9-10-11-12-13-14-15-16-17-26-31-27-20-24-30(25-21-27)36(34,35)32-28-18-22-29(33)23-19-28/h18-25,31-33H,2-17,26H2,1H3. The number of rotatable bonds is 21. The van der Waals surface area contributed by atoms with Crippen molar-refractivity contribution in [1.82, 2.24) is 0 Å². The SMILES string of the molecule is CCCCCCCCCCCCCCCCCCNc1ccc(S(=O)(=O)Nc2ccc(O)cc2)cc1. The Morgan fingerprint density at radius 3 is 1.47 bits per heavy atom. The number of phenols is 1. The van der Waals surface area contributed by atoms with E-state index in [9.17, 15) is 13.5 Å². The molecule has 36 heavy (non-hydrogen) atoms. The minimum absolute atomic E-state index is 0.0951. The van der Waals surface area contributed by atoms with Crippen LogP contribution in [0.25, 0.3) is 0 Å². The smallest absolute Gasteiger partial charge is 0.261 e. The molecule has 6 heteroatoms. The Kier molecular flexibility index (Phi) is 15.1. The van der Waals surface area contributed by atoms with Gasteiger partial charge in [0, 0.05) is 17.9 Å². The van der Waals surface area contributed by atoms with E-state index in [2.05, 4.69) is 17.0 Å². The van der Waals surface area contributed by atoms with Gasteiger partial charge in [-0.2, -0.15) is 0 Å². The molecule has 0 aliphatic rings. The minimum Gasteiger partial charge on any atom is -0.508 e. The Balaban J connectivity index is 1.45. The molecule has 0 amide bonds. The Morgan fingerprint density at radius 2 is 1.00 bits per heavy atom. The van der Waals surface area contributed by atoms with Gasteiger partial charge in [-0.1, -0.05) is 103 Å². The molecule has 0 spiro atoms. The summed E-state index contributed by atoms with van der Waals surface area (Å²) in [6.07, 6.45) is 21.8. The lowest BCUT2D eigenvalue weighted by molar-refractivity contribution is 0.475. The lowest BCUT2D eigenvalue weighted by atomic mass is 10.0. The average molecular weight is 517 g/mol. The Bertz CT molecular complexity index is 912. The molecule has 0 saturated carbocycles. The van der Waals surface area contributed by atoms with E-state index in [1.807, 2.05) is 0 Å². The fourth-order valence-electron chi connectivity index (χ4n) is 4.40. The molecule has 2 rings (SSSR count). The van der Waals surface area contributed by atoms with Gasteiger partial charge in [0.1, 0.15) is 5.75 Å². The fraction of sp³-hybridized carbons (Fsp3) is 0.600. The molecule has 0 aliphatic heterocycles. The highest BCUT2D eigenvalue weighted by Crippen LogP contribution is 2.20. The second kappa shape index (κ2) is 18.1. The average Bonchev–Trinajstić information content (AvgIpc) is 2.87. The van der Waals surface area contributed by atoms with Crippen LogP contribution in [0.4, 0.5) is 11.4 Å². The second-order valence-electron chi connectivity index (χ2n) is 9.91.